The third-order valence-corrected chi connectivity index (χ3v) is 23.2. The normalized spacial score (nSPS) is 30.0. The van der Waals surface area contributed by atoms with Gasteiger partial charge in [0, 0.05) is 69.0 Å². The Morgan fingerprint density at radius 2 is 1.17 bits per heavy atom. The Balaban J connectivity index is 1.27. The van der Waals surface area contributed by atoms with Gasteiger partial charge in [0.15, 0.2) is 0 Å². The van der Waals surface area contributed by atoms with Crippen LogP contribution in [0.1, 0.15) is 201 Å². The molecule has 7 fully saturated rings. The highest BCUT2D eigenvalue weighted by Gasteiger charge is 2.52. The van der Waals surface area contributed by atoms with E-state index >= 15 is 28.4 Å². The maximum Gasteiger partial charge on any atom is 0.394 e. The van der Waals surface area contributed by atoms with Crippen LogP contribution in [0.4, 0.5) is 17.6 Å². The van der Waals surface area contributed by atoms with Crippen molar-refractivity contribution in [2.45, 2.75) is 261 Å². The van der Waals surface area contributed by atoms with Crippen LogP contribution >= 0.6 is 0 Å². The van der Waals surface area contributed by atoms with Gasteiger partial charge in [0.05, 0.1) is 32.0 Å². The van der Waals surface area contributed by atoms with Crippen molar-refractivity contribution < 1.29 is 75.1 Å². The van der Waals surface area contributed by atoms with Crippen molar-refractivity contribution in [1.29, 1.82) is 0 Å². The fraction of sp³-hybridized carbons (Fsp3) is 0.833. The van der Waals surface area contributed by atoms with E-state index in [1.807, 2.05) is 20.8 Å². The van der Waals surface area contributed by atoms with E-state index in [4.69, 9.17) is 0 Å². The van der Waals surface area contributed by atoms with Gasteiger partial charge < -0.3 is 60.0 Å². The molecule has 3 unspecified atom stereocenters. The SMILES string of the molecule is CC[C@H](C)[C@@H]1NC(=O)[C@H](CC(C)C)N(C)C(=O)C[C@@H](C(=O)N2CCCC2)N(C)C(=O)[C@H](C2CCCCC2)N(C)C(=O)C2(CCCC2)NC(=O)[C@@H]2CCCN2C(=O)[C@H](CCC2CCC(C(F)(F)F)C(F)C2)NC(=O)CN(C)C(=O)[C@H](CC2CCCCC2)N(C)C(=O)CN(C)C(=O)CN(C)C1=O. The van der Waals surface area contributed by atoms with E-state index in [9.17, 15) is 46.7 Å². The number of nitrogens with zero attached hydrogens (tertiary/aromatic N) is 9. The van der Waals surface area contributed by atoms with E-state index in [1.165, 1.54) is 73.8 Å². The number of likely N-dealkylation sites (tertiary alicyclic amines) is 1. The first-order chi connectivity index (χ1) is 47.2. The fourth-order valence-electron chi connectivity index (χ4n) is 16.6. The van der Waals surface area contributed by atoms with Crippen LogP contribution in [0.15, 0.2) is 0 Å². The minimum Gasteiger partial charge on any atom is -0.343 e. The number of carbonyl (C=O) groups is 12. The Labute approximate surface area is 589 Å². The van der Waals surface area contributed by atoms with E-state index in [0.29, 0.717) is 64.5 Å². The molecule has 7 rings (SSSR count). The highest BCUT2D eigenvalue weighted by Crippen LogP contribution is 2.43. The summed E-state index contributed by atoms with van der Waals surface area (Å²) in [6.07, 6.45) is 3.26. The summed E-state index contributed by atoms with van der Waals surface area (Å²) in [4.78, 5) is 191. The molecule has 0 aromatic heterocycles. The lowest BCUT2D eigenvalue weighted by Crippen LogP contribution is -2.65. The van der Waals surface area contributed by atoms with Crippen molar-refractivity contribution in [3.63, 3.8) is 0 Å². The van der Waals surface area contributed by atoms with Gasteiger partial charge in [-0.2, -0.15) is 13.2 Å². The van der Waals surface area contributed by atoms with Crippen LogP contribution in [0.3, 0.4) is 0 Å². The molecule has 100 heavy (non-hydrogen) atoms. The van der Waals surface area contributed by atoms with Crippen LogP contribution in [-0.4, -0.2) is 264 Å². The number of rotatable bonds is 11. The maximum atomic E-state index is 15.8. The molecule has 1 spiro atoms. The second-order valence-electron chi connectivity index (χ2n) is 30.9. The van der Waals surface area contributed by atoms with Gasteiger partial charge >= 0.3 is 6.18 Å². The summed E-state index contributed by atoms with van der Waals surface area (Å²) in [5.74, 6) is -11.5. The van der Waals surface area contributed by atoms with E-state index in [1.54, 1.807) is 11.8 Å². The summed E-state index contributed by atoms with van der Waals surface area (Å²) in [6, 6.07) is -8.68. The number of nitrogens with one attached hydrogen (secondary N) is 3. The molecule has 3 N–H and O–H groups in total. The fourth-order valence-corrected chi connectivity index (χ4v) is 16.6. The van der Waals surface area contributed by atoms with Gasteiger partial charge in [-0.15, -0.1) is 0 Å². The average molecular weight is 1420 g/mol. The molecule has 4 aliphatic carbocycles. The van der Waals surface area contributed by atoms with Crippen molar-refractivity contribution >= 4 is 70.9 Å². The number of fused-ring (bicyclic) bond motifs is 1. The Kier molecular flexibility index (Phi) is 29.0. The zero-order chi connectivity index (χ0) is 73.7. The number of alkyl halides is 4. The minimum absolute atomic E-state index is 0.00199. The molecule has 12 amide bonds. The molecule has 11 atom stereocenters. The average Bonchev–Trinajstić information content (AvgIpc) is 1.45. The largest absolute Gasteiger partial charge is 0.394 e. The number of carbonyl (C=O) groups excluding carboxylic acids is 12. The third kappa shape index (κ3) is 20.2. The first-order valence-corrected chi connectivity index (χ1v) is 37.2. The van der Waals surface area contributed by atoms with Gasteiger partial charge in [0.1, 0.15) is 54.0 Å². The number of likely N-dealkylation sites (N-methyl/N-ethyl adjacent to an activating group) is 7. The zero-order valence-electron chi connectivity index (χ0n) is 61.4. The highest BCUT2D eigenvalue weighted by molar-refractivity contribution is 6.00. The van der Waals surface area contributed by atoms with Crippen molar-refractivity contribution in [3.05, 3.63) is 0 Å². The molecule has 564 valence electrons. The molecule has 3 heterocycles. The van der Waals surface area contributed by atoms with Crippen LogP contribution in [0.2, 0.25) is 0 Å². The lowest BCUT2D eigenvalue weighted by Gasteiger charge is -2.43. The number of hydrogen-bond acceptors (Lipinski definition) is 12. The Morgan fingerprint density at radius 3 is 1.77 bits per heavy atom. The van der Waals surface area contributed by atoms with Gasteiger partial charge in [-0.05, 0) is 126 Å². The summed E-state index contributed by atoms with van der Waals surface area (Å²) in [6.45, 7) is 6.44. The number of hydrogen-bond donors (Lipinski definition) is 3. The zero-order valence-corrected chi connectivity index (χ0v) is 61.4. The van der Waals surface area contributed by atoms with Crippen molar-refractivity contribution in [2.24, 2.45) is 35.5 Å². The van der Waals surface area contributed by atoms with Crippen molar-refractivity contribution in [3.8, 4) is 0 Å². The molecule has 7 aliphatic rings. The van der Waals surface area contributed by atoms with E-state index in [0.717, 1.165) is 66.1 Å². The predicted octanol–water partition coefficient (Wildman–Crippen LogP) is 5.83. The molecule has 3 aliphatic heterocycles. The van der Waals surface area contributed by atoms with Gasteiger partial charge in [0.25, 0.3) is 0 Å². The van der Waals surface area contributed by atoms with E-state index < -0.39 is 194 Å². The lowest BCUT2D eigenvalue weighted by atomic mass is 9.78. The van der Waals surface area contributed by atoms with Crippen LogP contribution in [0.5, 0.6) is 0 Å². The monoisotopic (exact) mass is 1420 g/mol. The van der Waals surface area contributed by atoms with Crippen LogP contribution in [0.25, 0.3) is 0 Å². The van der Waals surface area contributed by atoms with Gasteiger partial charge in [0.2, 0.25) is 70.9 Å². The highest BCUT2D eigenvalue weighted by atomic mass is 19.4. The molecule has 4 saturated carbocycles. The minimum atomic E-state index is -4.75. The van der Waals surface area contributed by atoms with Gasteiger partial charge in [-0.25, -0.2) is 4.39 Å². The smallest absolute Gasteiger partial charge is 0.343 e. The molecule has 0 radical (unpaired) electrons. The van der Waals surface area contributed by atoms with Gasteiger partial charge in [-0.3, -0.25) is 57.5 Å². The van der Waals surface area contributed by atoms with Crippen molar-refractivity contribution in [2.75, 3.05) is 88.6 Å². The Morgan fingerprint density at radius 1 is 0.570 bits per heavy atom. The second kappa shape index (κ2) is 36.0. The molecule has 24 nitrogen and oxygen atoms in total. The quantitative estimate of drug-likeness (QED) is 0.207. The summed E-state index contributed by atoms with van der Waals surface area (Å²) in [5.41, 5.74) is -1.57. The molecular formula is C72H116F4N12O12. The van der Waals surface area contributed by atoms with Crippen LogP contribution < -0.4 is 16.0 Å². The molecule has 0 aromatic carbocycles. The van der Waals surface area contributed by atoms with Crippen LogP contribution in [0, 0.1) is 35.5 Å². The molecule has 0 aromatic rings. The second-order valence-corrected chi connectivity index (χ2v) is 30.9. The summed E-state index contributed by atoms with van der Waals surface area (Å²) in [5, 5.41) is 8.76. The number of halogens is 4. The Hall–Kier alpha value is -6.64. The molecular weight excluding hydrogens is 1300 g/mol. The number of amides is 12. The molecule has 3 saturated heterocycles. The topological polar surface area (TPSA) is 270 Å². The maximum absolute atomic E-state index is 15.8. The third-order valence-electron chi connectivity index (χ3n) is 23.2. The summed E-state index contributed by atoms with van der Waals surface area (Å²) < 4.78 is 56.9. The predicted molar refractivity (Wildman–Crippen MR) is 365 cm³/mol. The molecule has 0 bridgehead atoms. The van der Waals surface area contributed by atoms with E-state index in [2.05, 4.69) is 16.0 Å². The Bertz CT molecular complexity index is 2900. The first kappa shape index (κ1) is 80.7. The summed E-state index contributed by atoms with van der Waals surface area (Å²) >= 11 is 0. The van der Waals surface area contributed by atoms with Crippen molar-refractivity contribution in [1.82, 2.24) is 60.0 Å². The molecule has 28 heteroatoms. The lowest BCUT2D eigenvalue weighted by molar-refractivity contribution is -0.201. The standard InChI is InChI=1S/C72H116F4N12O12/c1-12-46(4)61-68(98)82(7)43-59(91)80(5)44-60(92)84(9)55(40-47-24-15-13-16-25-47)66(96)81(6)42-57(89)77-52(32-30-48-29-31-50(51(73)39-48)72(74,75)76)65(95)88-37-23-28-53(88)64(94)79-71(33-19-20-34-71)70(100)86(11)62(49-26-17-14-18-27-49)69(99)85(10)56(67(97)87-35-21-22-36-87)41-58(90)83(8)54(38-45(2)3)63(93)78-61/h45-56,61-62H,12-44H2,1-11H3,(H,77,89)(H,78,93)(H,79,94)/t46-,48?,50?,51?,52-,53-,54-,55-,56-,61-,62-/m0/s1. The van der Waals surface area contributed by atoms with Gasteiger partial charge in [-0.1, -0.05) is 98.3 Å². The van der Waals surface area contributed by atoms with E-state index in [-0.39, 0.29) is 69.7 Å². The van der Waals surface area contributed by atoms with Crippen LogP contribution in [-0.2, 0) is 57.5 Å². The first-order valence-electron chi connectivity index (χ1n) is 37.2. The summed E-state index contributed by atoms with van der Waals surface area (Å²) in [7, 11) is 9.99.